The summed E-state index contributed by atoms with van der Waals surface area (Å²) in [5.41, 5.74) is 4.36. The highest BCUT2D eigenvalue weighted by Gasteiger charge is 2.18. The van der Waals surface area contributed by atoms with Crippen molar-refractivity contribution in [2.45, 2.75) is 19.8 Å². The molecule has 0 saturated carbocycles. The molecule has 2 aromatic rings. The van der Waals surface area contributed by atoms with E-state index in [1.807, 2.05) is 0 Å². The van der Waals surface area contributed by atoms with Crippen LogP contribution in [0.3, 0.4) is 0 Å². The van der Waals surface area contributed by atoms with Crippen LogP contribution in [0.1, 0.15) is 30.9 Å². The first-order valence-electron chi connectivity index (χ1n) is 5.48. The highest BCUT2D eigenvalue weighted by Crippen LogP contribution is 2.39. The van der Waals surface area contributed by atoms with Crippen molar-refractivity contribution in [2.24, 2.45) is 0 Å². The van der Waals surface area contributed by atoms with E-state index in [2.05, 4.69) is 56.3 Å². The van der Waals surface area contributed by atoms with E-state index in [1.165, 1.54) is 27.5 Å². The van der Waals surface area contributed by atoms with Crippen molar-refractivity contribution in [1.29, 1.82) is 0 Å². The molecule has 1 aliphatic carbocycles. The monoisotopic (exact) mass is 194 g/mol. The first kappa shape index (κ1) is 8.72. The number of hydrogen-bond acceptors (Lipinski definition) is 0. The lowest BCUT2D eigenvalue weighted by atomic mass is 9.95. The molecule has 2 aromatic carbocycles. The second-order valence-electron chi connectivity index (χ2n) is 4.39. The van der Waals surface area contributed by atoms with Crippen molar-refractivity contribution < 1.29 is 0 Å². The molecule has 1 unspecified atom stereocenters. The van der Waals surface area contributed by atoms with Crippen LogP contribution in [-0.2, 0) is 0 Å². The zero-order chi connectivity index (χ0) is 10.4. The number of rotatable bonds is 0. The summed E-state index contributed by atoms with van der Waals surface area (Å²) in [6.07, 6.45) is 2.36. The van der Waals surface area contributed by atoms with Gasteiger partial charge in [-0.3, -0.25) is 0 Å². The summed E-state index contributed by atoms with van der Waals surface area (Å²) in [5.74, 6) is 0.574. The van der Waals surface area contributed by atoms with E-state index in [1.54, 1.807) is 0 Å². The fourth-order valence-corrected chi connectivity index (χ4v) is 2.66. The van der Waals surface area contributed by atoms with Gasteiger partial charge in [0.15, 0.2) is 0 Å². The summed E-state index contributed by atoms with van der Waals surface area (Å²) in [7, 11) is 0. The van der Waals surface area contributed by atoms with E-state index in [0.717, 1.165) is 0 Å². The number of hydrogen-bond donors (Lipinski definition) is 0. The molecule has 0 fully saturated rings. The second kappa shape index (κ2) is 2.96. The Morgan fingerprint density at radius 3 is 2.67 bits per heavy atom. The van der Waals surface area contributed by atoms with Crippen LogP contribution in [0.2, 0.25) is 0 Å². The van der Waals surface area contributed by atoms with Crippen LogP contribution in [0.25, 0.3) is 16.3 Å². The Bertz CT molecular complexity index is 561. The molecule has 0 bridgehead atoms. The maximum absolute atomic E-state index is 2.36. The first-order valence-corrected chi connectivity index (χ1v) is 5.48. The Morgan fingerprint density at radius 1 is 1.00 bits per heavy atom. The molecular formula is C15H14. The topological polar surface area (TPSA) is 0 Å². The van der Waals surface area contributed by atoms with E-state index in [4.69, 9.17) is 0 Å². The van der Waals surface area contributed by atoms with Gasteiger partial charge in [0, 0.05) is 5.92 Å². The van der Waals surface area contributed by atoms with Gasteiger partial charge < -0.3 is 0 Å². The van der Waals surface area contributed by atoms with Crippen molar-refractivity contribution in [2.75, 3.05) is 0 Å². The minimum atomic E-state index is 0.574. The Labute approximate surface area is 90.2 Å². The van der Waals surface area contributed by atoms with Crippen molar-refractivity contribution in [3.63, 3.8) is 0 Å². The largest absolute Gasteiger partial charge is 0.0737 e. The summed E-state index contributed by atoms with van der Waals surface area (Å²) in [6.45, 7) is 4.48. The fraction of sp³-hybridized carbons (Fsp3) is 0.200. The van der Waals surface area contributed by atoms with Gasteiger partial charge in [0.1, 0.15) is 0 Å². The second-order valence-corrected chi connectivity index (χ2v) is 4.39. The third-order valence-corrected chi connectivity index (χ3v) is 3.35. The molecule has 0 radical (unpaired) electrons. The minimum absolute atomic E-state index is 0.574. The van der Waals surface area contributed by atoms with Crippen LogP contribution in [-0.4, -0.2) is 0 Å². The molecule has 0 N–H and O–H groups in total. The molecule has 0 saturated heterocycles. The molecule has 0 heteroatoms. The SMILES string of the molecule is CC1=CC(C)c2ccc3ccccc3c21. The lowest BCUT2D eigenvalue weighted by Crippen LogP contribution is -1.88. The molecule has 74 valence electrons. The van der Waals surface area contributed by atoms with Crippen LogP contribution in [0.4, 0.5) is 0 Å². The lowest BCUT2D eigenvalue weighted by Gasteiger charge is -2.08. The van der Waals surface area contributed by atoms with Gasteiger partial charge in [-0.2, -0.15) is 0 Å². The van der Waals surface area contributed by atoms with Crippen molar-refractivity contribution >= 4 is 16.3 Å². The zero-order valence-electron chi connectivity index (χ0n) is 9.12. The predicted octanol–water partition coefficient (Wildman–Crippen LogP) is 4.36. The third kappa shape index (κ3) is 1.14. The van der Waals surface area contributed by atoms with Gasteiger partial charge >= 0.3 is 0 Å². The maximum atomic E-state index is 2.36. The van der Waals surface area contributed by atoms with Crippen molar-refractivity contribution in [1.82, 2.24) is 0 Å². The predicted molar refractivity (Wildman–Crippen MR) is 66.0 cm³/mol. The molecular weight excluding hydrogens is 180 g/mol. The molecule has 0 nitrogen and oxygen atoms in total. The van der Waals surface area contributed by atoms with E-state index in [9.17, 15) is 0 Å². The van der Waals surface area contributed by atoms with Gasteiger partial charge in [0.05, 0.1) is 0 Å². The molecule has 15 heavy (non-hydrogen) atoms. The molecule has 0 spiro atoms. The van der Waals surface area contributed by atoms with Gasteiger partial charge in [-0.15, -0.1) is 0 Å². The third-order valence-electron chi connectivity index (χ3n) is 3.35. The normalized spacial score (nSPS) is 19.1. The smallest absolute Gasteiger partial charge is 0.000175 e. The standard InChI is InChI=1S/C15H14/c1-10-9-11(2)15-13(10)8-7-12-5-3-4-6-14(12)15/h3-10H,1-2H3. The first-order chi connectivity index (χ1) is 7.27. The van der Waals surface area contributed by atoms with Gasteiger partial charge in [-0.25, -0.2) is 0 Å². The van der Waals surface area contributed by atoms with Crippen molar-refractivity contribution in [3.8, 4) is 0 Å². The average Bonchev–Trinajstić information content (AvgIpc) is 2.55. The molecule has 0 amide bonds. The van der Waals surface area contributed by atoms with Gasteiger partial charge in [-0.1, -0.05) is 49.4 Å². The molecule has 0 aromatic heterocycles. The fourth-order valence-electron chi connectivity index (χ4n) is 2.66. The van der Waals surface area contributed by atoms with Crippen molar-refractivity contribution in [3.05, 3.63) is 53.6 Å². The van der Waals surface area contributed by atoms with E-state index < -0.39 is 0 Å². The summed E-state index contributed by atoms with van der Waals surface area (Å²) >= 11 is 0. The number of allylic oxidation sites excluding steroid dienone is 2. The quantitative estimate of drug-likeness (QED) is 0.584. The highest BCUT2D eigenvalue weighted by atomic mass is 14.2. The van der Waals surface area contributed by atoms with Crippen LogP contribution < -0.4 is 0 Å². The Morgan fingerprint density at radius 2 is 1.80 bits per heavy atom. The highest BCUT2D eigenvalue weighted by molar-refractivity contribution is 5.97. The number of benzene rings is 2. The van der Waals surface area contributed by atoms with Crippen LogP contribution >= 0.6 is 0 Å². The number of fused-ring (bicyclic) bond motifs is 3. The van der Waals surface area contributed by atoms with E-state index >= 15 is 0 Å². The minimum Gasteiger partial charge on any atom is -0.0737 e. The zero-order valence-corrected chi connectivity index (χ0v) is 9.12. The lowest BCUT2D eigenvalue weighted by molar-refractivity contribution is 0.992. The van der Waals surface area contributed by atoms with E-state index in [-0.39, 0.29) is 0 Å². The Hall–Kier alpha value is -1.56. The average molecular weight is 194 g/mol. The molecule has 3 rings (SSSR count). The van der Waals surface area contributed by atoms with E-state index in [0.29, 0.717) is 5.92 Å². The molecule has 0 aliphatic heterocycles. The summed E-state index contributed by atoms with van der Waals surface area (Å²) in [5, 5.41) is 2.74. The molecule has 1 aliphatic rings. The molecule has 1 atom stereocenters. The molecule has 0 heterocycles. The van der Waals surface area contributed by atoms with Gasteiger partial charge in [0.2, 0.25) is 0 Å². The maximum Gasteiger partial charge on any atom is 0.000175 e. The Kier molecular flexibility index (Phi) is 1.72. The van der Waals surface area contributed by atoms with Gasteiger partial charge in [0.25, 0.3) is 0 Å². The Balaban J connectivity index is 2.45. The van der Waals surface area contributed by atoms with Crippen LogP contribution in [0.15, 0.2) is 42.5 Å². The summed E-state index contributed by atoms with van der Waals surface area (Å²) in [6, 6.07) is 13.1. The summed E-state index contributed by atoms with van der Waals surface area (Å²) in [4.78, 5) is 0. The summed E-state index contributed by atoms with van der Waals surface area (Å²) < 4.78 is 0. The van der Waals surface area contributed by atoms with Crippen LogP contribution in [0, 0.1) is 0 Å². The van der Waals surface area contributed by atoms with Gasteiger partial charge in [-0.05, 0) is 34.4 Å². The van der Waals surface area contributed by atoms with Crippen LogP contribution in [0.5, 0.6) is 0 Å².